The summed E-state index contributed by atoms with van der Waals surface area (Å²) in [5.74, 6) is 0.360. The third kappa shape index (κ3) is 4.42. The molecule has 6 heteroatoms. The summed E-state index contributed by atoms with van der Waals surface area (Å²) in [4.78, 5) is 14.4. The van der Waals surface area contributed by atoms with Crippen molar-refractivity contribution in [2.24, 2.45) is 5.92 Å². The SMILES string of the molecule is Cc1c(N[C@@H](C)[C@@H]2[C@@H](C)CCN2C(=O)OC(C)(C)C)ccc(C#N)c1Cl. The van der Waals surface area contributed by atoms with Crippen LogP contribution in [-0.2, 0) is 4.74 Å². The lowest BCUT2D eigenvalue weighted by atomic mass is 9.96. The summed E-state index contributed by atoms with van der Waals surface area (Å²) < 4.78 is 5.58. The average Bonchev–Trinajstić information content (AvgIpc) is 2.92. The van der Waals surface area contributed by atoms with E-state index >= 15 is 0 Å². The Hall–Kier alpha value is -1.93. The molecule has 26 heavy (non-hydrogen) atoms. The molecular formula is C20H28ClN3O2. The van der Waals surface area contributed by atoms with Gasteiger partial charge < -0.3 is 15.0 Å². The first-order chi connectivity index (χ1) is 12.0. The monoisotopic (exact) mass is 377 g/mol. The van der Waals surface area contributed by atoms with E-state index in [4.69, 9.17) is 21.6 Å². The van der Waals surface area contributed by atoms with Gasteiger partial charge in [-0.05, 0) is 64.7 Å². The van der Waals surface area contributed by atoms with Gasteiger partial charge in [0.2, 0.25) is 0 Å². The highest BCUT2D eigenvalue weighted by Gasteiger charge is 2.40. The molecule has 0 aliphatic carbocycles. The fourth-order valence-corrected chi connectivity index (χ4v) is 3.73. The molecule has 1 aliphatic heterocycles. The number of hydrogen-bond donors (Lipinski definition) is 1. The van der Waals surface area contributed by atoms with Crippen LogP contribution in [0, 0.1) is 24.2 Å². The van der Waals surface area contributed by atoms with E-state index in [1.165, 1.54) is 0 Å². The van der Waals surface area contributed by atoms with Gasteiger partial charge in [-0.15, -0.1) is 0 Å². The zero-order chi connectivity index (χ0) is 19.6. The van der Waals surface area contributed by atoms with Crippen molar-refractivity contribution in [3.8, 4) is 6.07 Å². The summed E-state index contributed by atoms with van der Waals surface area (Å²) in [5.41, 5.74) is 1.67. The fourth-order valence-electron chi connectivity index (χ4n) is 3.52. The second kappa shape index (κ2) is 7.75. The predicted molar refractivity (Wildman–Crippen MR) is 104 cm³/mol. The van der Waals surface area contributed by atoms with Crippen molar-refractivity contribution in [2.45, 2.75) is 65.6 Å². The van der Waals surface area contributed by atoms with Crippen molar-refractivity contribution in [1.29, 1.82) is 5.26 Å². The summed E-state index contributed by atoms with van der Waals surface area (Å²) in [6.07, 6.45) is 0.679. The van der Waals surface area contributed by atoms with Crippen molar-refractivity contribution >= 4 is 23.4 Å². The minimum Gasteiger partial charge on any atom is -0.444 e. The summed E-state index contributed by atoms with van der Waals surface area (Å²) >= 11 is 6.28. The summed E-state index contributed by atoms with van der Waals surface area (Å²) in [5, 5.41) is 13.0. The minimum absolute atomic E-state index is 0.0164. The molecule has 0 radical (unpaired) electrons. The van der Waals surface area contributed by atoms with Crippen LogP contribution < -0.4 is 5.32 Å². The number of benzene rings is 1. The molecule has 0 unspecified atom stereocenters. The van der Waals surface area contributed by atoms with Gasteiger partial charge in [0, 0.05) is 18.3 Å². The lowest BCUT2D eigenvalue weighted by Crippen LogP contribution is -2.48. The standard InChI is InChI=1S/C20H28ClN3O2/c1-12-9-10-24(19(25)26-20(4,5)6)18(12)14(3)23-16-8-7-15(11-22)17(21)13(16)2/h7-8,12,14,18,23H,9-10H2,1-6H3/t12-,14-,18-/m0/s1. The largest absolute Gasteiger partial charge is 0.444 e. The number of carbonyl (C=O) groups excluding carboxylic acids is 1. The Labute approximate surface area is 161 Å². The number of ether oxygens (including phenoxy) is 1. The third-order valence-corrected chi connectivity index (χ3v) is 5.29. The Kier molecular flexibility index (Phi) is 6.08. The van der Waals surface area contributed by atoms with Crippen LogP contribution in [0.25, 0.3) is 0 Å². The third-order valence-electron chi connectivity index (χ3n) is 4.80. The number of likely N-dealkylation sites (tertiary alicyclic amines) is 1. The fraction of sp³-hybridized carbons (Fsp3) is 0.600. The van der Waals surface area contributed by atoms with Crippen LogP contribution in [0.5, 0.6) is 0 Å². The lowest BCUT2D eigenvalue weighted by Gasteiger charge is -2.34. The summed E-state index contributed by atoms with van der Waals surface area (Å²) in [6.45, 7) is 12.4. The normalized spacial score (nSPS) is 21.2. The molecule has 142 valence electrons. The molecule has 0 bridgehead atoms. The Morgan fingerprint density at radius 3 is 2.69 bits per heavy atom. The van der Waals surface area contributed by atoms with Crippen molar-refractivity contribution in [3.05, 3.63) is 28.3 Å². The molecule has 3 atom stereocenters. The number of nitriles is 1. The molecular weight excluding hydrogens is 350 g/mol. The van der Waals surface area contributed by atoms with E-state index in [1.54, 1.807) is 6.07 Å². The number of nitrogens with zero attached hydrogens (tertiary/aromatic N) is 2. The molecule has 1 amide bonds. The molecule has 1 fully saturated rings. The smallest absolute Gasteiger partial charge is 0.410 e. The van der Waals surface area contributed by atoms with E-state index < -0.39 is 5.60 Å². The van der Waals surface area contributed by atoms with Gasteiger partial charge in [0.15, 0.2) is 0 Å². The molecule has 1 aromatic carbocycles. The maximum absolute atomic E-state index is 12.6. The second-order valence-corrected chi connectivity index (χ2v) is 8.45. The van der Waals surface area contributed by atoms with E-state index in [0.717, 1.165) is 17.7 Å². The second-order valence-electron chi connectivity index (χ2n) is 8.07. The van der Waals surface area contributed by atoms with Crippen molar-refractivity contribution in [1.82, 2.24) is 4.90 Å². The maximum atomic E-state index is 12.6. The predicted octanol–water partition coefficient (Wildman–Crippen LogP) is 4.97. The van der Waals surface area contributed by atoms with Crippen LogP contribution in [0.2, 0.25) is 5.02 Å². The molecule has 1 aliphatic rings. The van der Waals surface area contributed by atoms with E-state index in [9.17, 15) is 4.79 Å². The van der Waals surface area contributed by atoms with E-state index in [2.05, 4.69) is 25.2 Å². The first-order valence-electron chi connectivity index (χ1n) is 9.00. The van der Waals surface area contributed by atoms with E-state index in [-0.39, 0.29) is 18.2 Å². The molecule has 1 N–H and O–H groups in total. The topological polar surface area (TPSA) is 65.4 Å². The molecule has 5 nitrogen and oxygen atoms in total. The van der Waals surface area contributed by atoms with Crippen LogP contribution in [0.3, 0.4) is 0 Å². The molecule has 1 heterocycles. The van der Waals surface area contributed by atoms with Crippen molar-refractivity contribution in [2.75, 3.05) is 11.9 Å². The Morgan fingerprint density at radius 1 is 1.46 bits per heavy atom. The van der Waals surface area contributed by atoms with Crippen molar-refractivity contribution in [3.63, 3.8) is 0 Å². The lowest BCUT2D eigenvalue weighted by molar-refractivity contribution is 0.0198. The van der Waals surface area contributed by atoms with Crippen LogP contribution in [0.1, 0.15) is 52.2 Å². The van der Waals surface area contributed by atoms with Gasteiger partial charge in [0.05, 0.1) is 16.6 Å². The van der Waals surface area contributed by atoms with E-state index in [1.807, 2.05) is 38.7 Å². The Morgan fingerprint density at radius 2 is 2.12 bits per heavy atom. The van der Waals surface area contributed by atoms with Crippen LogP contribution in [0.15, 0.2) is 12.1 Å². The van der Waals surface area contributed by atoms with Gasteiger partial charge >= 0.3 is 6.09 Å². The number of hydrogen-bond acceptors (Lipinski definition) is 4. The van der Waals surface area contributed by atoms with Crippen LogP contribution >= 0.6 is 11.6 Å². The first-order valence-corrected chi connectivity index (χ1v) is 9.38. The van der Waals surface area contributed by atoms with Gasteiger partial charge in [0.1, 0.15) is 11.7 Å². The zero-order valence-electron chi connectivity index (χ0n) is 16.4. The number of rotatable bonds is 3. The molecule has 0 spiro atoms. The maximum Gasteiger partial charge on any atom is 0.410 e. The molecule has 0 aromatic heterocycles. The Balaban J connectivity index is 2.19. The van der Waals surface area contributed by atoms with Gasteiger partial charge in [-0.1, -0.05) is 18.5 Å². The molecule has 1 saturated heterocycles. The number of amides is 1. The molecule has 1 aromatic rings. The average molecular weight is 378 g/mol. The van der Waals surface area contributed by atoms with E-state index in [0.29, 0.717) is 23.0 Å². The summed E-state index contributed by atoms with van der Waals surface area (Å²) in [7, 11) is 0. The summed E-state index contributed by atoms with van der Waals surface area (Å²) in [6, 6.07) is 5.72. The highest BCUT2D eigenvalue weighted by atomic mass is 35.5. The van der Waals surface area contributed by atoms with Gasteiger partial charge in [0.25, 0.3) is 0 Å². The number of carbonyl (C=O) groups is 1. The Bertz CT molecular complexity index is 721. The highest BCUT2D eigenvalue weighted by Crippen LogP contribution is 2.32. The quantitative estimate of drug-likeness (QED) is 0.807. The first kappa shape index (κ1) is 20.4. The molecule has 2 rings (SSSR count). The minimum atomic E-state index is -0.513. The number of nitrogens with one attached hydrogen (secondary N) is 1. The van der Waals surface area contributed by atoms with Gasteiger partial charge in [-0.2, -0.15) is 5.26 Å². The number of anilines is 1. The van der Waals surface area contributed by atoms with Crippen molar-refractivity contribution < 1.29 is 9.53 Å². The number of halogens is 1. The zero-order valence-corrected chi connectivity index (χ0v) is 17.1. The highest BCUT2D eigenvalue weighted by molar-refractivity contribution is 6.32. The van der Waals surface area contributed by atoms with Gasteiger partial charge in [-0.25, -0.2) is 4.79 Å². The van der Waals surface area contributed by atoms with Crippen LogP contribution in [-0.4, -0.2) is 35.2 Å². The van der Waals surface area contributed by atoms with Gasteiger partial charge in [-0.3, -0.25) is 0 Å². The molecule has 0 saturated carbocycles. The van der Waals surface area contributed by atoms with Crippen LogP contribution in [0.4, 0.5) is 10.5 Å².